The lowest BCUT2D eigenvalue weighted by molar-refractivity contribution is -0.115. The Balaban J connectivity index is 1.57. The summed E-state index contributed by atoms with van der Waals surface area (Å²) in [6.07, 6.45) is 1.67. The molecule has 0 bridgehead atoms. The summed E-state index contributed by atoms with van der Waals surface area (Å²) < 4.78 is 36.4. The number of rotatable bonds is 7. The third kappa shape index (κ3) is 6.25. The van der Waals surface area contributed by atoms with E-state index >= 15 is 0 Å². The van der Waals surface area contributed by atoms with E-state index in [0.29, 0.717) is 33.0 Å². The molecular weight excluding hydrogens is 508 g/mol. The molecule has 1 fully saturated rings. The first-order chi connectivity index (χ1) is 16.7. The van der Waals surface area contributed by atoms with Gasteiger partial charge in [0.1, 0.15) is 4.90 Å². The number of amides is 1. The summed E-state index contributed by atoms with van der Waals surface area (Å²) in [5, 5.41) is 3.77. The number of halogens is 1. The molecule has 0 radical (unpaired) electrons. The molecule has 3 aromatic carbocycles. The molecule has 7 nitrogen and oxygen atoms in total. The lowest BCUT2D eigenvalue weighted by Crippen LogP contribution is -2.19. The number of benzene rings is 3. The maximum atomic E-state index is 12.7. The highest BCUT2D eigenvalue weighted by atomic mass is 35.5. The van der Waals surface area contributed by atoms with Crippen LogP contribution in [0.2, 0.25) is 5.02 Å². The second kappa shape index (κ2) is 10.6. The average Bonchev–Trinajstić information content (AvgIpc) is 3.16. The van der Waals surface area contributed by atoms with Crippen LogP contribution in [0, 0.1) is 6.92 Å². The van der Waals surface area contributed by atoms with E-state index in [1.807, 2.05) is 6.92 Å². The topological polar surface area (TPSA) is 94.1 Å². The third-order valence-corrected chi connectivity index (χ3v) is 7.19. The van der Waals surface area contributed by atoms with Crippen molar-refractivity contribution in [2.24, 2.45) is 4.99 Å². The first-order valence-electron chi connectivity index (χ1n) is 10.6. The van der Waals surface area contributed by atoms with E-state index in [-0.39, 0.29) is 22.3 Å². The molecule has 1 aliphatic heterocycles. The molecule has 1 amide bonds. The van der Waals surface area contributed by atoms with Crippen molar-refractivity contribution in [1.82, 2.24) is 5.32 Å². The number of carbonyl (C=O) groups excluding carboxylic acids is 1. The van der Waals surface area contributed by atoms with Crippen molar-refractivity contribution in [1.29, 1.82) is 0 Å². The molecule has 180 valence electrons. The standard InChI is InChI=1S/C25H21ClN2O5S2/c1-3-32-22-14-17(6-13-21(22)33-35(30,31)20-11-4-16(2)5-12-20)15-23-24(29)28-25(34-23)27-19-9-7-18(26)8-10-19/h4-15H,3H2,1-2H3,(H,27,28,29)/b23-15-. The van der Waals surface area contributed by atoms with Crippen LogP contribution in [0.1, 0.15) is 18.1 Å². The Bertz CT molecular complexity index is 1420. The summed E-state index contributed by atoms with van der Waals surface area (Å²) in [7, 11) is -4.04. The van der Waals surface area contributed by atoms with Gasteiger partial charge in [0.25, 0.3) is 5.91 Å². The first-order valence-corrected chi connectivity index (χ1v) is 13.2. The van der Waals surface area contributed by atoms with Crippen molar-refractivity contribution in [3.63, 3.8) is 0 Å². The lowest BCUT2D eigenvalue weighted by Gasteiger charge is -2.13. The SMILES string of the molecule is CCOc1cc(/C=C2\SC(=Nc3ccc(Cl)cc3)NC2=O)ccc1OS(=O)(=O)c1ccc(C)cc1. The highest BCUT2D eigenvalue weighted by Gasteiger charge is 2.24. The van der Waals surface area contributed by atoms with Crippen molar-refractivity contribution in [3.05, 3.63) is 87.8 Å². The predicted octanol–water partition coefficient (Wildman–Crippen LogP) is 5.71. The van der Waals surface area contributed by atoms with E-state index in [0.717, 1.165) is 5.56 Å². The average molecular weight is 529 g/mol. The van der Waals surface area contributed by atoms with Gasteiger partial charge in [-0.25, -0.2) is 4.99 Å². The van der Waals surface area contributed by atoms with Crippen molar-refractivity contribution in [3.8, 4) is 11.5 Å². The van der Waals surface area contributed by atoms with Gasteiger partial charge < -0.3 is 14.2 Å². The Morgan fingerprint density at radius 2 is 1.74 bits per heavy atom. The summed E-state index contributed by atoms with van der Waals surface area (Å²) in [4.78, 5) is 17.3. The van der Waals surface area contributed by atoms with Gasteiger partial charge in [-0.05, 0) is 85.8 Å². The van der Waals surface area contributed by atoms with Gasteiger partial charge in [-0.2, -0.15) is 8.42 Å². The van der Waals surface area contributed by atoms with Crippen LogP contribution in [0.4, 0.5) is 5.69 Å². The maximum absolute atomic E-state index is 12.7. The molecule has 1 heterocycles. The molecule has 0 unspecified atom stereocenters. The molecule has 0 aliphatic carbocycles. The van der Waals surface area contributed by atoms with Crippen molar-refractivity contribution in [2.45, 2.75) is 18.7 Å². The Hall–Kier alpha value is -3.27. The van der Waals surface area contributed by atoms with Gasteiger partial charge in [-0.3, -0.25) is 4.79 Å². The Morgan fingerprint density at radius 1 is 1.03 bits per heavy atom. The zero-order valence-corrected chi connectivity index (χ0v) is 21.2. The highest BCUT2D eigenvalue weighted by Crippen LogP contribution is 2.34. The number of hydrogen-bond acceptors (Lipinski definition) is 7. The summed E-state index contributed by atoms with van der Waals surface area (Å²) in [6.45, 7) is 3.95. The van der Waals surface area contributed by atoms with E-state index in [1.165, 1.54) is 30.0 Å². The van der Waals surface area contributed by atoms with E-state index in [4.69, 9.17) is 20.5 Å². The molecule has 1 saturated heterocycles. The second-order valence-electron chi connectivity index (χ2n) is 7.45. The van der Waals surface area contributed by atoms with Crippen molar-refractivity contribution >= 4 is 56.3 Å². The van der Waals surface area contributed by atoms with Crippen LogP contribution in [0.25, 0.3) is 6.08 Å². The quantitative estimate of drug-likeness (QED) is 0.312. The van der Waals surface area contributed by atoms with E-state index in [1.54, 1.807) is 61.5 Å². The molecule has 1 aliphatic rings. The van der Waals surface area contributed by atoms with E-state index < -0.39 is 10.1 Å². The summed E-state index contributed by atoms with van der Waals surface area (Å²) in [5.74, 6) is 0.0158. The Morgan fingerprint density at radius 3 is 2.43 bits per heavy atom. The van der Waals surface area contributed by atoms with Gasteiger partial charge >= 0.3 is 10.1 Å². The van der Waals surface area contributed by atoms with Gasteiger partial charge in [0.05, 0.1) is 17.2 Å². The number of amidine groups is 1. The van der Waals surface area contributed by atoms with Gasteiger partial charge in [-0.15, -0.1) is 0 Å². The van der Waals surface area contributed by atoms with E-state index in [9.17, 15) is 13.2 Å². The predicted molar refractivity (Wildman–Crippen MR) is 139 cm³/mol. The number of aryl methyl sites for hydroxylation is 1. The summed E-state index contributed by atoms with van der Waals surface area (Å²) in [6, 6.07) is 18.1. The molecule has 4 rings (SSSR count). The zero-order valence-electron chi connectivity index (χ0n) is 18.8. The van der Waals surface area contributed by atoms with Gasteiger partial charge in [-0.1, -0.05) is 35.4 Å². The molecule has 10 heteroatoms. The number of nitrogens with one attached hydrogen (secondary N) is 1. The number of hydrogen-bond donors (Lipinski definition) is 1. The minimum Gasteiger partial charge on any atom is -0.490 e. The highest BCUT2D eigenvalue weighted by molar-refractivity contribution is 8.18. The zero-order chi connectivity index (χ0) is 25.0. The van der Waals surface area contributed by atoms with Crippen LogP contribution in [-0.4, -0.2) is 26.1 Å². The van der Waals surface area contributed by atoms with Crippen LogP contribution in [0.5, 0.6) is 11.5 Å². The molecule has 1 N–H and O–H groups in total. The smallest absolute Gasteiger partial charge is 0.339 e. The van der Waals surface area contributed by atoms with Crippen molar-refractivity contribution < 1.29 is 22.1 Å². The number of carbonyl (C=O) groups is 1. The normalized spacial score (nSPS) is 15.9. The largest absolute Gasteiger partial charge is 0.490 e. The lowest BCUT2D eigenvalue weighted by atomic mass is 10.2. The minimum absolute atomic E-state index is 0.0447. The van der Waals surface area contributed by atoms with Crippen molar-refractivity contribution in [2.75, 3.05) is 6.61 Å². The van der Waals surface area contributed by atoms with Crippen LogP contribution in [0.15, 0.2) is 81.5 Å². The molecule has 0 atom stereocenters. The molecule has 0 saturated carbocycles. The molecular formula is C25H21ClN2O5S2. The minimum atomic E-state index is -4.04. The third-order valence-electron chi connectivity index (χ3n) is 4.78. The number of nitrogens with zero attached hydrogens (tertiary/aromatic N) is 1. The molecule has 35 heavy (non-hydrogen) atoms. The fourth-order valence-corrected chi connectivity index (χ4v) is 5.00. The molecule has 0 spiro atoms. The molecule has 0 aromatic heterocycles. The number of thioether (sulfide) groups is 1. The fourth-order valence-electron chi connectivity index (χ4n) is 3.09. The summed E-state index contributed by atoms with van der Waals surface area (Å²) in [5.41, 5.74) is 2.24. The maximum Gasteiger partial charge on any atom is 0.339 e. The fraction of sp³-hybridized carbons (Fsp3) is 0.120. The van der Waals surface area contributed by atoms with E-state index in [2.05, 4.69) is 10.3 Å². The second-order valence-corrected chi connectivity index (χ2v) is 10.5. The molecule has 3 aromatic rings. The van der Waals surface area contributed by atoms with Crippen LogP contribution in [0.3, 0.4) is 0 Å². The van der Waals surface area contributed by atoms with Gasteiger partial charge in [0.2, 0.25) is 0 Å². The monoisotopic (exact) mass is 528 g/mol. The number of ether oxygens (including phenoxy) is 1. The first kappa shape index (κ1) is 24.8. The van der Waals surface area contributed by atoms with Gasteiger partial charge in [0, 0.05) is 5.02 Å². The summed E-state index contributed by atoms with van der Waals surface area (Å²) >= 11 is 7.09. The van der Waals surface area contributed by atoms with Crippen LogP contribution < -0.4 is 14.2 Å². The Kier molecular flexibility index (Phi) is 7.49. The number of aliphatic imine (C=N–C) groups is 1. The van der Waals surface area contributed by atoms with Crippen LogP contribution >= 0.6 is 23.4 Å². The van der Waals surface area contributed by atoms with Gasteiger partial charge in [0.15, 0.2) is 16.7 Å². The van der Waals surface area contributed by atoms with Crippen LogP contribution in [-0.2, 0) is 14.9 Å². The Labute approximate surface area is 212 Å².